The van der Waals surface area contributed by atoms with Crippen LogP contribution in [-0.4, -0.2) is 24.2 Å². The van der Waals surface area contributed by atoms with Gasteiger partial charge < -0.3 is 15.2 Å². The Hall–Kier alpha value is -2.14. The maximum atomic E-state index is 12.8. The van der Waals surface area contributed by atoms with Gasteiger partial charge >= 0.3 is 0 Å². The molecule has 1 aromatic heterocycles. The molecule has 0 atom stereocenters. The average Bonchev–Trinajstić information content (AvgIpc) is 3.02. The number of piperidine rings is 1. The number of anilines is 1. The minimum absolute atomic E-state index is 0.00778. The molecule has 1 aliphatic heterocycles. The largest absolute Gasteiger partial charge is 0.363 e. The van der Waals surface area contributed by atoms with Crippen molar-refractivity contribution in [3.05, 3.63) is 48.4 Å². The molecule has 1 saturated heterocycles. The molecule has 5 nitrogen and oxygen atoms in total. The van der Waals surface area contributed by atoms with Gasteiger partial charge in [0.05, 0.1) is 11.6 Å². The maximum Gasteiger partial charge on any atom is 0.235 e. The lowest BCUT2D eigenvalue weighted by atomic mass is 9.72. The molecular weight excluding hydrogens is 254 g/mol. The van der Waals surface area contributed by atoms with Gasteiger partial charge in [-0.3, -0.25) is 4.79 Å². The van der Waals surface area contributed by atoms with Crippen molar-refractivity contribution in [3.63, 3.8) is 0 Å². The fourth-order valence-electron chi connectivity index (χ4n) is 2.77. The number of benzene rings is 1. The predicted octanol–water partition coefficient (Wildman–Crippen LogP) is 1.93. The maximum absolute atomic E-state index is 12.8. The van der Waals surface area contributed by atoms with Crippen LogP contribution in [0.2, 0.25) is 0 Å². The highest BCUT2D eigenvalue weighted by atomic mass is 16.5. The summed E-state index contributed by atoms with van der Waals surface area (Å²) in [6.45, 7) is 1.68. The number of amides is 1. The van der Waals surface area contributed by atoms with Crippen molar-refractivity contribution >= 4 is 11.6 Å². The van der Waals surface area contributed by atoms with E-state index in [4.69, 9.17) is 4.52 Å². The van der Waals surface area contributed by atoms with E-state index in [1.807, 2.05) is 30.3 Å². The highest BCUT2D eigenvalue weighted by Gasteiger charge is 2.41. The van der Waals surface area contributed by atoms with Crippen LogP contribution in [-0.2, 0) is 10.2 Å². The van der Waals surface area contributed by atoms with Gasteiger partial charge in [-0.1, -0.05) is 35.5 Å². The first kappa shape index (κ1) is 12.9. The normalized spacial score (nSPS) is 17.6. The van der Waals surface area contributed by atoms with Crippen LogP contribution < -0.4 is 10.6 Å². The zero-order chi connectivity index (χ0) is 13.8. The lowest BCUT2D eigenvalue weighted by Gasteiger charge is -2.36. The molecule has 1 amide bonds. The number of hydrogen-bond donors (Lipinski definition) is 2. The van der Waals surface area contributed by atoms with E-state index >= 15 is 0 Å². The van der Waals surface area contributed by atoms with Crippen LogP contribution in [0.5, 0.6) is 0 Å². The third-order valence-electron chi connectivity index (χ3n) is 3.91. The summed E-state index contributed by atoms with van der Waals surface area (Å²) < 4.78 is 4.76. The van der Waals surface area contributed by atoms with E-state index in [1.165, 1.54) is 12.5 Å². The summed E-state index contributed by atoms with van der Waals surface area (Å²) in [6.07, 6.45) is 4.53. The van der Waals surface area contributed by atoms with Crippen LogP contribution >= 0.6 is 0 Å². The van der Waals surface area contributed by atoms with Gasteiger partial charge in [0, 0.05) is 0 Å². The Morgan fingerprint density at radius 3 is 2.65 bits per heavy atom. The molecule has 1 aromatic carbocycles. The summed E-state index contributed by atoms with van der Waals surface area (Å²) in [7, 11) is 0. The van der Waals surface area contributed by atoms with Crippen molar-refractivity contribution in [2.24, 2.45) is 0 Å². The lowest BCUT2D eigenvalue weighted by Crippen LogP contribution is -2.48. The van der Waals surface area contributed by atoms with Crippen molar-refractivity contribution in [2.45, 2.75) is 18.3 Å². The highest BCUT2D eigenvalue weighted by molar-refractivity contribution is 5.99. The molecule has 3 rings (SSSR count). The molecule has 2 aromatic rings. The SMILES string of the molecule is O=C(Nc1cnoc1)C1(c2ccccc2)CCNCC1. The first-order valence-electron chi connectivity index (χ1n) is 6.78. The molecule has 0 bridgehead atoms. The number of carbonyl (C=O) groups is 1. The second-order valence-corrected chi connectivity index (χ2v) is 5.07. The fourth-order valence-corrected chi connectivity index (χ4v) is 2.77. The standard InChI is InChI=1S/C15H17N3O2/c19-14(18-13-10-17-20-11-13)15(6-8-16-9-7-15)12-4-2-1-3-5-12/h1-5,10-11,16H,6-9H2,(H,18,19). The molecule has 0 unspecified atom stereocenters. The Morgan fingerprint density at radius 1 is 1.25 bits per heavy atom. The molecule has 2 heterocycles. The van der Waals surface area contributed by atoms with E-state index in [1.54, 1.807) is 0 Å². The second kappa shape index (κ2) is 5.46. The minimum atomic E-state index is -0.482. The first-order chi connectivity index (χ1) is 9.81. The zero-order valence-corrected chi connectivity index (χ0v) is 11.1. The minimum Gasteiger partial charge on any atom is -0.363 e. The number of hydrogen-bond acceptors (Lipinski definition) is 4. The van der Waals surface area contributed by atoms with Crippen molar-refractivity contribution in [1.29, 1.82) is 0 Å². The van der Waals surface area contributed by atoms with Crippen LogP contribution in [0.3, 0.4) is 0 Å². The van der Waals surface area contributed by atoms with Gasteiger partial charge in [-0.2, -0.15) is 0 Å². The van der Waals surface area contributed by atoms with E-state index in [-0.39, 0.29) is 5.91 Å². The summed E-state index contributed by atoms with van der Waals surface area (Å²) in [5.74, 6) is 0.00778. The van der Waals surface area contributed by atoms with Crippen LogP contribution in [0.25, 0.3) is 0 Å². The quantitative estimate of drug-likeness (QED) is 0.895. The topological polar surface area (TPSA) is 67.2 Å². The first-order valence-corrected chi connectivity index (χ1v) is 6.78. The number of rotatable bonds is 3. The Kier molecular flexibility index (Phi) is 3.52. The van der Waals surface area contributed by atoms with E-state index < -0.39 is 5.41 Å². The summed E-state index contributed by atoms with van der Waals surface area (Å²) in [4.78, 5) is 12.8. The van der Waals surface area contributed by atoms with E-state index in [0.29, 0.717) is 5.69 Å². The van der Waals surface area contributed by atoms with Crippen molar-refractivity contribution in [3.8, 4) is 0 Å². The third kappa shape index (κ3) is 2.32. The fraction of sp³-hybridized carbons (Fsp3) is 0.333. The third-order valence-corrected chi connectivity index (χ3v) is 3.91. The van der Waals surface area contributed by atoms with Crippen LogP contribution in [0, 0.1) is 0 Å². The Balaban J connectivity index is 1.91. The van der Waals surface area contributed by atoms with Gasteiger partial charge in [-0.05, 0) is 31.5 Å². The highest BCUT2D eigenvalue weighted by Crippen LogP contribution is 2.34. The molecule has 20 heavy (non-hydrogen) atoms. The Labute approximate surface area is 117 Å². The summed E-state index contributed by atoms with van der Waals surface area (Å²) in [6, 6.07) is 9.98. The molecule has 1 fully saturated rings. The molecule has 2 N–H and O–H groups in total. The van der Waals surface area contributed by atoms with Crippen molar-refractivity contribution < 1.29 is 9.32 Å². The molecule has 0 spiro atoms. The van der Waals surface area contributed by atoms with Gasteiger partial charge in [0.1, 0.15) is 12.0 Å². The molecular formula is C15H17N3O2. The molecule has 0 aliphatic carbocycles. The summed E-state index contributed by atoms with van der Waals surface area (Å²) in [5, 5.41) is 9.83. The monoisotopic (exact) mass is 271 g/mol. The molecule has 104 valence electrons. The second-order valence-electron chi connectivity index (χ2n) is 5.07. The van der Waals surface area contributed by atoms with E-state index in [2.05, 4.69) is 15.8 Å². The molecule has 0 radical (unpaired) electrons. The van der Waals surface area contributed by atoms with Crippen LogP contribution in [0.1, 0.15) is 18.4 Å². The zero-order valence-electron chi connectivity index (χ0n) is 11.1. The Morgan fingerprint density at radius 2 is 2.00 bits per heavy atom. The smallest absolute Gasteiger partial charge is 0.235 e. The van der Waals surface area contributed by atoms with E-state index in [9.17, 15) is 4.79 Å². The molecule has 5 heteroatoms. The van der Waals surface area contributed by atoms with Crippen molar-refractivity contribution in [1.82, 2.24) is 10.5 Å². The number of aromatic nitrogens is 1. The van der Waals surface area contributed by atoms with Crippen molar-refractivity contribution in [2.75, 3.05) is 18.4 Å². The van der Waals surface area contributed by atoms with Gasteiger partial charge in [-0.25, -0.2) is 0 Å². The van der Waals surface area contributed by atoms with Crippen LogP contribution in [0.4, 0.5) is 5.69 Å². The number of nitrogens with one attached hydrogen (secondary N) is 2. The van der Waals surface area contributed by atoms with Gasteiger partial charge in [0.15, 0.2) is 0 Å². The predicted molar refractivity (Wildman–Crippen MR) is 75.4 cm³/mol. The van der Waals surface area contributed by atoms with Gasteiger partial charge in [-0.15, -0.1) is 0 Å². The molecule has 0 saturated carbocycles. The summed E-state index contributed by atoms with van der Waals surface area (Å²) >= 11 is 0. The molecule has 1 aliphatic rings. The van der Waals surface area contributed by atoms with Crippen LogP contribution in [0.15, 0.2) is 47.3 Å². The van der Waals surface area contributed by atoms with E-state index in [0.717, 1.165) is 31.5 Å². The number of nitrogens with zero attached hydrogens (tertiary/aromatic N) is 1. The van der Waals surface area contributed by atoms with Gasteiger partial charge in [0.2, 0.25) is 5.91 Å². The number of carbonyl (C=O) groups excluding carboxylic acids is 1. The Bertz CT molecular complexity index is 560. The van der Waals surface area contributed by atoms with Gasteiger partial charge in [0.25, 0.3) is 0 Å². The average molecular weight is 271 g/mol. The summed E-state index contributed by atoms with van der Waals surface area (Å²) in [5.41, 5.74) is 1.18. The lowest BCUT2D eigenvalue weighted by molar-refractivity contribution is -0.122.